The zero-order valence-electron chi connectivity index (χ0n) is 38.3. The van der Waals surface area contributed by atoms with Crippen molar-refractivity contribution in [3.05, 3.63) is 0 Å². The number of hydrogen-bond acceptors (Lipinski definition) is 27. The van der Waals surface area contributed by atoms with E-state index >= 15 is 0 Å². The van der Waals surface area contributed by atoms with E-state index in [2.05, 4.69) is 10.6 Å². The molecule has 0 aromatic heterocycles. The highest BCUT2D eigenvalue weighted by atomic mass is 16.8. The molecule has 0 aromatic carbocycles. The number of hydrogen-bond donors (Lipinski definition) is 16. The lowest BCUT2D eigenvalue weighted by atomic mass is 9.94. The molecule has 6 aliphatic rings. The minimum absolute atomic E-state index is 0.702. The van der Waals surface area contributed by atoms with Crippen LogP contribution in [0.4, 0.5) is 0 Å². The Morgan fingerprint density at radius 1 is 0.377 bits per heavy atom. The molecule has 2 amide bonds. The molecule has 69 heavy (non-hydrogen) atoms. The predicted molar refractivity (Wildman–Crippen MR) is 217 cm³/mol. The van der Waals surface area contributed by atoms with Gasteiger partial charge < -0.3 is 134 Å². The Morgan fingerprint density at radius 2 is 0.739 bits per heavy atom. The van der Waals surface area contributed by atoms with Gasteiger partial charge in [0.25, 0.3) is 0 Å². The molecule has 16 N–H and O–H groups in total. The summed E-state index contributed by atoms with van der Waals surface area (Å²) in [7, 11) is 0. The molecule has 6 rings (SSSR count). The van der Waals surface area contributed by atoms with Gasteiger partial charge in [-0.15, -0.1) is 0 Å². The summed E-state index contributed by atoms with van der Waals surface area (Å²) < 4.78 is 65.0. The Balaban J connectivity index is 1.31. The van der Waals surface area contributed by atoms with Crippen molar-refractivity contribution in [2.75, 3.05) is 13.2 Å². The molecule has 0 radical (unpaired) electrons. The van der Waals surface area contributed by atoms with E-state index in [4.69, 9.17) is 52.1 Å². The van der Waals surface area contributed by atoms with Gasteiger partial charge in [-0.3, -0.25) is 9.59 Å². The summed E-state index contributed by atoms with van der Waals surface area (Å²) in [5.41, 5.74) is 0. The maximum absolute atomic E-state index is 12.3. The summed E-state index contributed by atoms with van der Waals surface area (Å²) in [6.07, 6.45) is -48.2. The summed E-state index contributed by atoms with van der Waals surface area (Å²) in [6, 6.07) is -3.09. The largest absolute Gasteiger partial charge is 0.394 e. The quantitative estimate of drug-likeness (QED) is 0.0768. The first kappa shape index (κ1) is 56.2. The fraction of sp³-hybridized carbons (Fsp3) is 0.950. The Kier molecular flexibility index (Phi) is 19.1. The third kappa shape index (κ3) is 12.0. The molecule has 29 nitrogen and oxygen atoms in total. The summed E-state index contributed by atoms with van der Waals surface area (Å²) in [5.74, 6) is -1.43. The smallest absolute Gasteiger partial charge is 0.217 e. The fourth-order valence-electron chi connectivity index (χ4n) is 9.04. The van der Waals surface area contributed by atoms with Gasteiger partial charge in [0.15, 0.2) is 37.7 Å². The standard InChI is InChI=1S/C40H68N2O27/c1-9-19(47)27(55)28(56)38(60-9)69-34-32(67-37-18(42-14(6)46)26(54)24(52)16(8-44)64-37)22(50)12(4)62-40(34)65-30-20(48)11(3)61-39(29(30)57)68-33-31(21(49)10(2)59-35(33)58)66-36-17(41-13(5)45)25(53)23(51)15(7-43)63-36/h9-12,15-40,43-44,47-58H,7-8H2,1-6H3,(H,41,45)(H,42,46)/t9-,10-,11-,12-,15+,16+,17+,18+,19-,20-,21-,22-,23+,24+,25+,26+,27+,28+,29+,30+,31+,32+,33+,34+,35+,36-,37-,38-,39-,40-/m0/s1. The van der Waals surface area contributed by atoms with Crippen LogP contribution in [0.25, 0.3) is 0 Å². The van der Waals surface area contributed by atoms with Crippen molar-refractivity contribution in [2.24, 2.45) is 0 Å². The highest BCUT2D eigenvalue weighted by Crippen LogP contribution is 2.38. The van der Waals surface area contributed by atoms with Crippen LogP contribution in [-0.4, -0.2) is 281 Å². The summed E-state index contributed by atoms with van der Waals surface area (Å²) in [4.78, 5) is 24.4. The first-order valence-corrected chi connectivity index (χ1v) is 22.5. The van der Waals surface area contributed by atoms with Gasteiger partial charge in [-0.05, 0) is 27.7 Å². The molecule has 0 aliphatic carbocycles. The highest BCUT2D eigenvalue weighted by Gasteiger charge is 2.58. The molecule has 0 bridgehead atoms. The minimum atomic E-state index is -2.11. The molecule has 400 valence electrons. The highest BCUT2D eigenvalue weighted by molar-refractivity contribution is 5.73. The molecule has 6 heterocycles. The average Bonchev–Trinajstić information content (AvgIpc) is 3.29. The van der Waals surface area contributed by atoms with Crippen molar-refractivity contribution in [1.29, 1.82) is 0 Å². The van der Waals surface area contributed by atoms with Crippen LogP contribution in [0.3, 0.4) is 0 Å². The molecule has 29 heteroatoms. The van der Waals surface area contributed by atoms with Crippen molar-refractivity contribution in [3.8, 4) is 0 Å². The predicted octanol–water partition coefficient (Wildman–Crippen LogP) is -9.70. The Hall–Kier alpha value is -2.06. The topological polar surface area (TPSA) is 443 Å². The average molecular weight is 1010 g/mol. The Labute approximate surface area is 394 Å². The SMILES string of the molecule is CC(=O)N[C@H]1[C@H](O[C@@H]2[C@@H](O)[C@H](C)O[C@@H](O)[C@@H]2O[C@@H]2O[C@@H](C)[C@H](O)[C@@H](O[C@@H]3O[C@@H](C)[C@H](O)[C@@H](O[C@@H]4O[C@H](CO)[C@@H](O)[C@H](O)[C@H]4NC(C)=O)[C@H]3O[C@@H]3O[C@@H](C)[C@H](O)[C@@H](O)[C@H]3O)[C@H]2O)O[C@H](CO)[C@@H](O)[C@@H]1O. The zero-order chi connectivity index (χ0) is 51.1. The van der Waals surface area contributed by atoms with Gasteiger partial charge >= 0.3 is 0 Å². The molecule has 30 atom stereocenters. The van der Waals surface area contributed by atoms with Crippen LogP contribution in [-0.2, 0) is 61.7 Å². The lowest BCUT2D eigenvalue weighted by molar-refractivity contribution is -0.406. The first-order chi connectivity index (χ1) is 32.4. The van der Waals surface area contributed by atoms with Crippen LogP contribution >= 0.6 is 0 Å². The maximum Gasteiger partial charge on any atom is 0.217 e. The maximum atomic E-state index is 12.3. The molecular formula is C40H68N2O27. The van der Waals surface area contributed by atoms with Crippen molar-refractivity contribution >= 4 is 11.8 Å². The van der Waals surface area contributed by atoms with Crippen LogP contribution in [0.2, 0.25) is 0 Å². The number of carbonyl (C=O) groups is 2. The van der Waals surface area contributed by atoms with Crippen LogP contribution in [0, 0.1) is 0 Å². The summed E-state index contributed by atoms with van der Waals surface area (Å²) >= 11 is 0. The van der Waals surface area contributed by atoms with Gasteiger partial charge in [0.1, 0.15) is 122 Å². The molecule has 0 unspecified atom stereocenters. The van der Waals surface area contributed by atoms with Crippen LogP contribution < -0.4 is 10.6 Å². The van der Waals surface area contributed by atoms with Gasteiger partial charge in [0.05, 0.1) is 37.6 Å². The fourth-order valence-corrected chi connectivity index (χ4v) is 9.04. The van der Waals surface area contributed by atoms with E-state index in [1.54, 1.807) is 0 Å². The Morgan fingerprint density at radius 3 is 1.20 bits per heavy atom. The van der Waals surface area contributed by atoms with E-state index < -0.39 is 209 Å². The van der Waals surface area contributed by atoms with E-state index in [1.165, 1.54) is 27.7 Å². The molecule has 0 aromatic rings. The zero-order valence-corrected chi connectivity index (χ0v) is 38.3. The van der Waals surface area contributed by atoms with E-state index in [1.807, 2.05) is 0 Å². The first-order valence-electron chi connectivity index (χ1n) is 22.5. The molecule has 6 saturated heterocycles. The number of aliphatic hydroxyl groups is 14. The van der Waals surface area contributed by atoms with E-state index in [9.17, 15) is 81.1 Å². The third-order valence-electron chi connectivity index (χ3n) is 13.1. The lowest BCUT2D eigenvalue weighted by Gasteiger charge is -2.51. The van der Waals surface area contributed by atoms with Crippen molar-refractivity contribution < 1.29 is 133 Å². The number of aliphatic hydroxyl groups excluding tert-OH is 14. The number of ether oxygens (including phenoxy) is 11. The number of nitrogens with one attached hydrogen (secondary N) is 2. The van der Waals surface area contributed by atoms with Gasteiger partial charge in [-0.2, -0.15) is 0 Å². The molecule has 0 saturated carbocycles. The van der Waals surface area contributed by atoms with Gasteiger partial charge in [-0.25, -0.2) is 0 Å². The number of rotatable bonds is 14. The lowest BCUT2D eigenvalue weighted by Crippen LogP contribution is -2.69. The van der Waals surface area contributed by atoms with Crippen molar-refractivity contribution in [2.45, 2.75) is 226 Å². The summed E-state index contributed by atoms with van der Waals surface area (Å²) in [6.45, 7) is 5.84. The minimum Gasteiger partial charge on any atom is -0.394 e. The van der Waals surface area contributed by atoms with E-state index in [0.29, 0.717) is 0 Å². The van der Waals surface area contributed by atoms with E-state index in [0.717, 1.165) is 13.8 Å². The second kappa shape index (κ2) is 23.4. The van der Waals surface area contributed by atoms with Gasteiger partial charge in [0, 0.05) is 13.8 Å². The van der Waals surface area contributed by atoms with Crippen molar-refractivity contribution in [3.63, 3.8) is 0 Å². The van der Waals surface area contributed by atoms with Crippen molar-refractivity contribution in [1.82, 2.24) is 10.6 Å². The Bertz CT molecular complexity index is 1680. The van der Waals surface area contributed by atoms with Crippen LogP contribution in [0.15, 0.2) is 0 Å². The van der Waals surface area contributed by atoms with Gasteiger partial charge in [-0.1, -0.05) is 0 Å². The normalized spacial score (nSPS) is 51.9. The monoisotopic (exact) mass is 1010 g/mol. The molecule has 6 aliphatic heterocycles. The van der Waals surface area contributed by atoms with Crippen LogP contribution in [0.1, 0.15) is 41.5 Å². The second-order valence-electron chi connectivity index (χ2n) is 18.2. The number of amides is 2. The van der Waals surface area contributed by atoms with Crippen LogP contribution in [0.5, 0.6) is 0 Å². The number of carbonyl (C=O) groups excluding carboxylic acids is 2. The second-order valence-corrected chi connectivity index (χ2v) is 18.2. The summed E-state index contributed by atoms with van der Waals surface area (Å²) in [5, 5.41) is 157. The van der Waals surface area contributed by atoms with E-state index in [-0.39, 0.29) is 0 Å². The third-order valence-corrected chi connectivity index (χ3v) is 13.1. The van der Waals surface area contributed by atoms with Gasteiger partial charge in [0.2, 0.25) is 11.8 Å². The molecular weight excluding hydrogens is 940 g/mol. The molecule has 0 spiro atoms. The molecule has 6 fully saturated rings.